The lowest BCUT2D eigenvalue weighted by Gasteiger charge is -2.33. The van der Waals surface area contributed by atoms with E-state index in [2.05, 4.69) is 70.1 Å². The van der Waals surface area contributed by atoms with Crippen molar-refractivity contribution in [3.05, 3.63) is 48.3 Å². The van der Waals surface area contributed by atoms with Gasteiger partial charge < -0.3 is 9.80 Å². The van der Waals surface area contributed by atoms with E-state index in [-0.39, 0.29) is 0 Å². The van der Waals surface area contributed by atoms with Gasteiger partial charge in [0, 0.05) is 32.7 Å². The molecule has 0 atom stereocenters. The van der Waals surface area contributed by atoms with Crippen molar-refractivity contribution in [3.8, 4) is 0 Å². The lowest BCUT2D eigenvalue weighted by Crippen LogP contribution is -2.35. The number of hydrogen-bond donors (Lipinski definition) is 0. The number of benzene rings is 1. The first-order valence-corrected chi connectivity index (χ1v) is 9.58. The van der Waals surface area contributed by atoms with Gasteiger partial charge in [0.15, 0.2) is 0 Å². The summed E-state index contributed by atoms with van der Waals surface area (Å²) in [6.45, 7) is 5.45. The molecule has 0 bridgehead atoms. The summed E-state index contributed by atoms with van der Waals surface area (Å²) in [7, 11) is 2.12. The molecule has 1 saturated heterocycles. The van der Waals surface area contributed by atoms with Crippen LogP contribution >= 0.6 is 0 Å². The highest BCUT2D eigenvalue weighted by Gasteiger charge is 2.21. The molecule has 0 spiro atoms. The van der Waals surface area contributed by atoms with Gasteiger partial charge in [-0.05, 0) is 37.2 Å². The van der Waals surface area contributed by atoms with Crippen molar-refractivity contribution in [1.82, 2.24) is 9.97 Å². The fourth-order valence-electron chi connectivity index (χ4n) is 3.54. The van der Waals surface area contributed by atoms with Crippen LogP contribution in [0.15, 0.2) is 42.7 Å². The van der Waals surface area contributed by atoms with Crippen LogP contribution in [0.5, 0.6) is 0 Å². The van der Waals surface area contributed by atoms with E-state index < -0.39 is 0 Å². The van der Waals surface area contributed by atoms with E-state index in [9.17, 15) is 0 Å². The highest BCUT2D eigenvalue weighted by molar-refractivity contribution is 5.49. The van der Waals surface area contributed by atoms with Crippen molar-refractivity contribution in [3.63, 3.8) is 0 Å². The Morgan fingerprint density at radius 2 is 1.88 bits per heavy atom. The van der Waals surface area contributed by atoms with Crippen LogP contribution in [-0.4, -0.2) is 36.6 Å². The minimum Gasteiger partial charge on any atom is -0.360 e. The minimum absolute atomic E-state index is 0.784. The maximum absolute atomic E-state index is 4.52. The molecule has 1 aliphatic heterocycles. The van der Waals surface area contributed by atoms with Crippen molar-refractivity contribution in [1.29, 1.82) is 0 Å². The maximum Gasteiger partial charge on any atom is 0.134 e. The number of aromatic nitrogens is 2. The Balaban J connectivity index is 1.55. The van der Waals surface area contributed by atoms with Crippen molar-refractivity contribution >= 4 is 11.6 Å². The second-order valence-corrected chi connectivity index (χ2v) is 7.13. The van der Waals surface area contributed by atoms with Gasteiger partial charge in [-0.2, -0.15) is 0 Å². The summed E-state index contributed by atoms with van der Waals surface area (Å²) in [6.07, 6.45) is 7.78. The zero-order chi connectivity index (χ0) is 17.5. The molecule has 3 rings (SSSR count). The van der Waals surface area contributed by atoms with Crippen LogP contribution in [-0.2, 0) is 6.42 Å². The summed E-state index contributed by atoms with van der Waals surface area (Å²) in [5, 5.41) is 0. The maximum atomic E-state index is 4.52. The van der Waals surface area contributed by atoms with Crippen molar-refractivity contribution in [2.45, 2.75) is 39.0 Å². The first-order valence-electron chi connectivity index (χ1n) is 9.58. The standard InChI is InChI=1S/C21H30N4/c1-3-4-12-24(2)20-16-21(23-17-22-20)25-13-10-19(11-14-25)15-18-8-6-5-7-9-18/h5-9,16-17,19H,3-4,10-15H2,1-2H3. The predicted octanol–water partition coefficient (Wildman–Crippen LogP) is 4.17. The van der Waals surface area contributed by atoms with Crippen LogP contribution in [0.1, 0.15) is 38.2 Å². The molecule has 4 nitrogen and oxygen atoms in total. The molecular formula is C21H30N4. The molecule has 1 aromatic heterocycles. The molecular weight excluding hydrogens is 308 g/mol. The van der Waals surface area contributed by atoms with Crippen LogP contribution in [0.4, 0.5) is 11.6 Å². The largest absolute Gasteiger partial charge is 0.360 e. The zero-order valence-corrected chi connectivity index (χ0v) is 15.6. The van der Waals surface area contributed by atoms with E-state index >= 15 is 0 Å². The first kappa shape index (κ1) is 17.7. The summed E-state index contributed by atoms with van der Waals surface area (Å²) >= 11 is 0. The Morgan fingerprint density at radius 3 is 2.60 bits per heavy atom. The first-order chi connectivity index (χ1) is 12.3. The highest BCUT2D eigenvalue weighted by atomic mass is 15.2. The summed E-state index contributed by atoms with van der Waals surface area (Å²) in [4.78, 5) is 13.6. The van der Waals surface area contributed by atoms with Crippen molar-refractivity contribution in [2.75, 3.05) is 36.5 Å². The van der Waals surface area contributed by atoms with Gasteiger partial charge in [0.25, 0.3) is 0 Å². The van der Waals surface area contributed by atoms with Crippen molar-refractivity contribution in [2.24, 2.45) is 5.92 Å². The minimum atomic E-state index is 0.784. The number of nitrogens with zero attached hydrogens (tertiary/aromatic N) is 4. The van der Waals surface area contributed by atoms with Crippen LogP contribution in [0.25, 0.3) is 0 Å². The quantitative estimate of drug-likeness (QED) is 0.758. The Bertz CT molecular complexity index is 635. The molecule has 0 N–H and O–H groups in total. The SMILES string of the molecule is CCCCN(C)c1cc(N2CCC(Cc3ccccc3)CC2)ncn1. The fourth-order valence-corrected chi connectivity index (χ4v) is 3.54. The summed E-state index contributed by atoms with van der Waals surface area (Å²) in [6, 6.07) is 13.0. The van der Waals surface area contributed by atoms with Gasteiger partial charge in [0.2, 0.25) is 0 Å². The molecule has 0 saturated carbocycles. The predicted molar refractivity (Wildman–Crippen MR) is 105 cm³/mol. The van der Waals surface area contributed by atoms with Crippen LogP contribution < -0.4 is 9.80 Å². The van der Waals surface area contributed by atoms with Crippen LogP contribution in [0, 0.1) is 5.92 Å². The molecule has 134 valence electrons. The molecule has 1 aliphatic rings. The van der Waals surface area contributed by atoms with E-state index in [0.29, 0.717) is 0 Å². The van der Waals surface area contributed by atoms with E-state index in [1.165, 1.54) is 37.7 Å². The van der Waals surface area contributed by atoms with Gasteiger partial charge in [-0.3, -0.25) is 0 Å². The lowest BCUT2D eigenvalue weighted by atomic mass is 9.90. The van der Waals surface area contributed by atoms with E-state index in [1.807, 2.05) is 0 Å². The van der Waals surface area contributed by atoms with Gasteiger partial charge >= 0.3 is 0 Å². The van der Waals surface area contributed by atoms with Gasteiger partial charge in [0.1, 0.15) is 18.0 Å². The molecule has 0 radical (unpaired) electrons. The fraction of sp³-hybridized carbons (Fsp3) is 0.524. The molecule has 25 heavy (non-hydrogen) atoms. The molecule has 2 aromatic rings. The lowest BCUT2D eigenvalue weighted by molar-refractivity contribution is 0.402. The molecule has 0 aliphatic carbocycles. The van der Waals surface area contributed by atoms with Gasteiger partial charge in [-0.1, -0.05) is 43.7 Å². The van der Waals surface area contributed by atoms with E-state index in [4.69, 9.17) is 0 Å². The summed E-state index contributed by atoms with van der Waals surface area (Å²) in [5.74, 6) is 2.89. The van der Waals surface area contributed by atoms with E-state index in [1.54, 1.807) is 6.33 Å². The van der Waals surface area contributed by atoms with Gasteiger partial charge in [-0.15, -0.1) is 0 Å². The average Bonchev–Trinajstić information content (AvgIpc) is 2.67. The molecule has 2 heterocycles. The third-order valence-electron chi connectivity index (χ3n) is 5.18. The smallest absolute Gasteiger partial charge is 0.134 e. The normalized spacial score (nSPS) is 15.4. The highest BCUT2D eigenvalue weighted by Crippen LogP contribution is 2.26. The molecule has 0 amide bonds. The second kappa shape index (κ2) is 8.84. The molecule has 1 fully saturated rings. The van der Waals surface area contributed by atoms with Crippen molar-refractivity contribution < 1.29 is 0 Å². The van der Waals surface area contributed by atoms with Gasteiger partial charge in [-0.25, -0.2) is 9.97 Å². The number of hydrogen-bond acceptors (Lipinski definition) is 4. The average molecular weight is 338 g/mol. The van der Waals surface area contributed by atoms with Gasteiger partial charge in [0.05, 0.1) is 0 Å². The topological polar surface area (TPSA) is 32.3 Å². The summed E-state index contributed by atoms with van der Waals surface area (Å²) in [5.41, 5.74) is 1.46. The van der Waals surface area contributed by atoms with E-state index in [0.717, 1.165) is 37.2 Å². The monoisotopic (exact) mass is 338 g/mol. The second-order valence-electron chi connectivity index (χ2n) is 7.13. The molecule has 4 heteroatoms. The Labute approximate surface area is 151 Å². The number of piperidine rings is 1. The van der Waals surface area contributed by atoms with Crippen LogP contribution in [0.3, 0.4) is 0 Å². The van der Waals surface area contributed by atoms with Crippen LogP contribution in [0.2, 0.25) is 0 Å². The third-order valence-corrected chi connectivity index (χ3v) is 5.18. The Kier molecular flexibility index (Phi) is 6.26. The number of unbranched alkanes of at least 4 members (excludes halogenated alkanes) is 1. The molecule has 0 unspecified atom stereocenters. The third kappa shape index (κ3) is 4.94. The summed E-state index contributed by atoms with van der Waals surface area (Å²) < 4.78 is 0. The zero-order valence-electron chi connectivity index (χ0n) is 15.6. The Morgan fingerprint density at radius 1 is 1.12 bits per heavy atom. The number of rotatable bonds is 7. The number of anilines is 2. The molecule has 1 aromatic carbocycles. The Hall–Kier alpha value is -2.10.